The van der Waals surface area contributed by atoms with Crippen molar-refractivity contribution >= 4 is 52.0 Å². The molecule has 3 rings (SSSR count). The maximum absolute atomic E-state index is 12.3. The molecule has 0 aliphatic rings. The first-order valence-electron chi connectivity index (χ1n) is 8.91. The van der Waals surface area contributed by atoms with Gasteiger partial charge in [0, 0.05) is 5.69 Å². The summed E-state index contributed by atoms with van der Waals surface area (Å²) in [7, 11) is 0. The molecule has 1 aromatic heterocycles. The van der Waals surface area contributed by atoms with Crippen molar-refractivity contribution in [2.24, 2.45) is 0 Å². The number of anilines is 1. The zero-order valence-electron chi connectivity index (χ0n) is 15.3. The minimum atomic E-state index is -0.494. The van der Waals surface area contributed by atoms with Crippen LogP contribution < -0.4 is 5.32 Å². The predicted octanol–water partition coefficient (Wildman–Crippen LogP) is 4.90. The molecule has 0 saturated carbocycles. The Morgan fingerprint density at radius 2 is 2.07 bits per heavy atom. The maximum atomic E-state index is 12.3. The van der Waals surface area contributed by atoms with Crippen molar-refractivity contribution in [2.45, 2.75) is 24.9 Å². The zero-order chi connectivity index (χ0) is 19.9. The topological polar surface area (TPSA) is 84.1 Å². The second-order valence-electron chi connectivity index (χ2n) is 6.08. The molecule has 3 aromatic rings. The largest absolute Gasteiger partial charge is 0.462 e. The number of carbonyl (C=O) groups is 2. The molecule has 28 heavy (non-hydrogen) atoms. The number of benzene rings is 2. The molecule has 0 spiro atoms. The molecule has 0 radical (unpaired) electrons. The lowest BCUT2D eigenvalue weighted by molar-refractivity contribution is -0.113. The van der Waals surface area contributed by atoms with Gasteiger partial charge in [-0.25, -0.2) is 9.78 Å². The van der Waals surface area contributed by atoms with E-state index in [2.05, 4.69) is 15.3 Å². The number of aromatic nitrogens is 2. The van der Waals surface area contributed by atoms with Crippen LogP contribution in [-0.4, -0.2) is 34.2 Å². The molecule has 0 aliphatic heterocycles. The molecule has 146 valence electrons. The van der Waals surface area contributed by atoms with Crippen LogP contribution in [0.2, 0.25) is 5.02 Å². The average Bonchev–Trinajstić information content (AvgIpc) is 3.11. The van der Waals surface area contributed by atoms with Gasteiger partial charge in [0.15, 0.2) is 5.16 Å². The summed E-state index contributed by atoms with van der Waals surface area (Å²) in [6.45, 7) is 2.36. The molecule has 2 aromatic carbocycles. The molecule has 0 saturated heterocycles. The van der Waals surface area contributed by atoms with Gasteiger partial charge in [-0.15, -0.1) is 0 Å². The first-order valence-corrected chi connectivity index (χ1v) is 10.3. The third kappa shape index (κ3) is 5.27. The van der Waals surface area contributed by atoms with E-state index in [0.29, 0.717) is 17.5 Å². The number of halogens is 1. The Bertz CT molecular complexity index is 957. The van der Waals surface area contributed by atoms with Crippen LogP contribution in [0.1, 0.15) is 30.1 Å². The Labute approximate surface area is 172 Å². The molecular formula is C20H20ClN3O3S. The quantitative estimate of drug-likeness (QED) is 0.309. The molecule has 1 heterocycles. The van der Waals surface area contributed by atoms with E-state index in [1.54, 1.807) is 12.1 Å². The summed E-state index contributed by atoms with van der Waals surface area (Å²) in [6.07, 6.45) is 1.72. The van der Waals surface area contributed by atoms with Gasteiger partial charge in [-0.2, -0.15) is 0 Å². The van der Waals surface area contributed by atoms with E-state index in [1.165, 1.54) is 17.8 Å². The monoisotopic (exact) mass is 417 g/mol. The Morgan fingerprint density at radius 1 is 1.25 bits per heavy atom. The average molecular weight is 418 g/mol. The summed E-state index contributed by atoms with van der Waals surface area (Å²) in [4.78, 5) is 32.0. The SMILES string of the molecule is CCCCOC(=O)c1cc(NC(=O)CSc2nc3ccccc3[nH]2)ccc1Cl. The number of esters is 1. The summed E-state index contributed by atoms with van der Waals surface area (Å²) < 4.78 is 5.19. The number of para-hydroxylation sites is 2. The van der Waals surface area contributed by atoms with Crippen LogP contribution in [0.25, 0.3) is 11.0 Å². The lowest BCUT2D eigenvalue weighted by atomic mass is 10.2. The van der Waals surface area contributed by atoms with Crippen LogP contribution >= 0.6 is 23.4 Å². The number of H-pyrrole nitrogens is 1. The summed E-state index contributed by atoms with van der Waals surface area (Å²) in [5.41, 5.74) is 2.51. The number of hydrogen-bond donors (Lipinski definition) is 2. The highest BCUT2D eigenvalue weighted by atomic mass is 35.5. The zero-order valence-corrected chi connectivity index (χ0v) is 16.9. The smallest absolute Gasteiger partial charge is 0.339 e. The highest BCUT2D eigenvalue weighted by molar-refractivity contribution is 7.99. The van der Waals surface area contributed by atoms with Crippen molar-refractivity contribution in [1.29, 1.82) is 0 Å². The molecule has 0 aliphatic carbocycles. The number of imidazole rings is 1. The van der Waals surface area contributed by atoms with Gasteiger partial charge < -0.3 is 15.0 Å². The van der Waals surface area contributed by atoms with Crippen molar-refractivity contribution < 1.29 is 14.3 Å². The first kappa shape index (κ1) is 20.2. The normalized spacial score (nSPS) is 10.8. The van der Waals surface area contributed by atoms with Gasteiger partial charge in [0.05, 0.1) is 34.0 Å². The Morgan fingerprint density at radius 3 is 2.86 bits per heavy atom. The third-order valence-corrected chi connectivity index (χ3v) is 5.11. The second-order valence-corrected chi connectivity index (χ2v) is 7.45. The summed E-state index contributed by atoms with van der Waals surface area (Å²) in [5, 5.41) is 3.73. The second kappa shape index (κ2) is 9.61. The molecule has 6 nitrogen and oxygen atoms in total. The van der Waals surface area contributed by atoms with E-state index < -0.39 is 5.97 Å². The number of thioether (sulfide) groups is 1. The Balaban J connectivity index is 1.58. The van der Waals surface area contributed by atoms with E-state index in [0.717, 1.165) is 23.9 Å². The molecular weight excluding hydrogens is 398 g/mol. The molecule has 0 bridgehead atoms. The van der Waals surface area contributed by atoms with Gasteiger partial charge in [0.25, 0.3) is 0 Å². The number of unbranched alkanes of at least 4 members (excludes halogenated alkanes) is 1. The lowest BCUT2D eigenvalue weighted by Gasteiger charge is -2.09. The van der Waals surface area contributed by atoms with Crippen LogP contribution in [0.3, 0.4) is 0 Å². The van der Waals surface area contributed by atoms with Crippen LogP contribution in [0.15, 0.2) is 47.6 Å². The van der Waals surface area contributed by atoms with Gasteiger partial charge in [-0.3, -0.25) is 4.79 Å². The number of hydrogen-bond acceptors (Lipinski definition) is 5. The Hall–Kier alpha value is -2.51. The number of nitrogens with zero attached hydrogens (tertiary/aromatic N) is 1. The molecule has 1 amide bonds. The first-order chi connectivity index (χ1) is 13.6. The number of ether oxygens (including phenoxy) is 1. The third-order valence-electron chi connectivity index (χ3n) is 3.91. The maximum Gasteiger partial charge on any atom is 0.339 e. The van der Waals surface area contributed by atoms with Gasteiger partial charge in [0.2, 0.25) is 5.91 Å². The molecule has 0 fully saturated rings. The Kier molecular flexibility index (Phi) is 6.95. The van der Waals surface area contributed by atoms with Crippen molar-refractivity contribution in [3.8, 4) is 0 Å². The summed E-state index contributed by atoms with van der Waals surface area (Å²) in [5.74, 6) is -0.525. The minimum absolute atomic E-state index is 0.179. The van der Waals surface area contributed by atoms with Gasteiger partial charge in [0.1, 0.15) is 0 Å². The van der Waals surface area contributed by atoms with Crippen molar-refractivity contribution in [2.75, 3.05) is 17.7 Å². The summed E-state index contributed by atoms with van der Waals surface area (Å²) in [6, 6.07) is 12.4. The molecule has 8 heteroatoms. The van der Waals surface area contributed by atoms with E-state index in [1.807, 2.05) is 31.2 Å². The van der Waals surface area contributed by atoms with E-state index in [4.69, 9.17) is 16.3 Å². The summed E-state index contributed by atoms with van der Waals surface area (Å²) >= 11 is 7.39. The van der Waals surface area contributed by atoms with Crippen molar-refractivity contribution in [3.63, 3.8) is 0 Å². The van der Waals surface area contributed by atoms with Crippen molar-refractivity contribution in [3.05, 3.63) is 53.1 Å². The van der Waals surface area contributed by atoms with E-state index in [9.17, 15) is 9.59 Å². The fraction of sp³-hybridized carbons (Fsp3) is 0.250. The number of aromatic amines is 1. The van der Waals surface area contributed by atoms with Crippen LogP contribution in [0.5, 0.6) is 0 Å². The predicted molar refractivity (Wildman–Crippen MR) is 112 cm³/mol. The lowest BCUT2D eigenvalue weighted by Crippen LogP contribution is -2.15. The number of fused-ring (bicyclic) bond motifs is 1. The number of amides is 1. The number of nitrogens with one attached hydrogen (secondary N) is 2. The molecule has 2 N–H and O–H groups in total. The highest BCUT2D eigenvalue weighted by Gasteiger charge is 2.14. The fourth-order valence-electron chi connectivity index (χ4n) is 2.48. The minimum Gasteiger partial charge on any atom is -0.462 e. The standard InChI is InChI=1S/C20H20ClN3O3S/c1-2-3-10-27-19(26)14-11-13(8-9-15(14)21)22-18(25)12-28-20-23-16-6-4-5-7-17(16)24-20/h4-9,11H,2-3,10,12H2,1H3,(H,22,25)(H,23,24). The number of rotatable bonds is 8. The highest BCUT2D eigenvalue weighted by Crippen LogP contribution is 2.23. The van der Waals surface area contributed by atoms with Crippen LogP contribution in [-0.2, 0) is 9.53 Å². The fourth-order valence-corrected chi connectivity index (χ4v) is 3.35. The van der Waals surface area contributed by atoms with Gasteiger partial charge >= 0.3 is 5.97 Å². The van der Waals surface area contributed by atoms with Crippen LogP contribution in [0.4, 0.5) is 5.69 Å². The molecule has 0 atom stereocenters. The van der Waals surface area contributed by atoms with Crippen LogP contribution in [0, 0.1) is 0 Å². The molecule has 0 unspecified atom stereocenters. The van der Waals surface area contributed by atoms with Gasteiger partial charge in [-0.1, -0.05) is 48.8 Å². The van der Waals surface area contributed by atoms with E-state index >= 15 is 0 Å². The van der Waals surface area contributed by atoms with Crippen molar-refractivity contribution in [1.82, 2.24) is 9.97 Å². The van der Waals surface area contributed by atoms with E-state index in [-0.39, 0.29) is 22.2 Å². The number of carbonyl (C=O) groups excluding carboxylic acids is 2. The van der Waals surface area contributed by atoms with Gasteiger partial charge in [-0.05, 0) is 36.8 Å².